The van der Waals surface area contributed by atoms with Crippen molar-refractivity contribution in [2.75, 3.05) is 6.61 Å². The first-order chi connectivity index (χ1) is 12.3. The van der Waals surface area contributed by atoms with Crippen LogP contribution >= 0.6 is 0 Å². The van der Waals surface area contributed by atoms with E-state index in [-0.39, 0.29) is 5.54 Å². The molecule has 4 heteroatoms. The zero-order valence-corrected chi connectivity index (χ0v) is 15.9. The number of carbonyl (C=O) groups is 1. The topological polar surface area (TPSA) is 58.6 Å². The van der Waals surface area contributed by atoms with Crippen molar-refractivity contribution in [3.63, 3.8) is 0 Å². The Morgan fingerprint density at radius 1 is 0.962 bits per heavy atom. The van der Waals surface area contributed by atoms with Crippen LogP contribution in [0.15, 0.2) is 48.5 Å². The SMILES string of the molecule is CC(C)(C)NC(=O)OCCCc1cccc(CCc2ccccc2)c1O. The van der Waals surface area contributed by atoms with Gasteiger partial charge in [0.2, 0.25) is 0 Å². The van der Waals surface area contributed by atoms with Crippen molar-refractivity contribution in [3.05, 3.63) is 65.2 Å². The molecule has 0 atom stereocenters. The Kier molecular flexibility index (Phi) is 7.07. The number of aryl methyl sites for hydroxylation is 3. The molecular formula is C22H29NO3. The maximum atomic E-state index is 11.6. The summed E-state index contributed by atoms with van der Waals surface area (Å²) in [5.74, 6) is 0.363. The van der Waals surface area contributed by atoms with Crippen LogP contribution in [0.3, 0.4) is 0 Å². The summed E-state index contributed by atoms with van der Waals surface area (Å²) in [4.78, 5) is 11.6. The molecule has 0 aromatic heterocycles. The van der Waals surface area contributed by atoms with E-state index in [0.717, 1.165) is 24.0 Å². The molecule has 2 N–H and O–H groups in total. The van der Waals surface area contributed by atoms with E-state index in [1.165, 1.54) is 5.56 Å². The van der Waals surface area contributed by atoms with E-state index in [0.29, 0.717) is 25.2 Å². The largest absolute Gasteiger partial charge is 0.507 e. The van der Waals surface area contributed by atoms with Crippen molar-refractivity contribution in [2.45, 2.75) is 52.0 Å². The molecule has 4 nitrogen and oxygen atoms in total. The van der Waals surface area contributed by atoms with Crippen LogP contribution in [0.5, 0.6) is 5.75 Å². The van der Waals surface area contributed by atoms with Gasteiger partial charge in [0.1, 0.15) is 5.75 Å². The minimum atomic E-state index is -0.404. The second kappa shape index (κ2) is 9.27. The normalized spacial score (nSPS) is 11.2. The number of benzene rings is 2. The molecule has 0 heterocycles. The molecule has 0 spiro atoms. The molecule has 2 aromatic carbocycles. The number of ether oxygens (including phenoxy) is 1. The second-order valence-corrected chi connectivity index (χ2v) is 7.52. The highest BCUT2D eigenvalue weighted by Crippen LogP contribution is 2.25. The first-order valence-corrected chi connectivity index (χ1v) is 9.14. The summed E-state index contributed by atoms with van der Waals surface area (Å²) in [7, 11) is 0. The van der Waals surface area contributed by atoms with Gasteiger partial charge in [0, 0.05) is 5.54 Å². The Hall–Kier alpha value is -2.49. The molecule has 0 aliphatic heterocycles. The molecule has 0 saturated heterocycles. The Labute approximate surface area is 156 Å². The Morgan fingerprint density at radius 3 is 2.27 bits per heavy atom. The average molecular weight is 355 g/mol. The fourth-order valence-electron chi connectivity index (χ4n) is 2.74. The maximum absolute atomic E-state index is 11.6. The van der Waals surface area contributed by atoms with Crippen LogP contribution in [0.2, 0.25) is 0 Å². The van der Waals surface area contributed by atoms with Crippen LogP contribution in [0.4, 0.5) is 4.79 Å². The number of rotatable bonds is 7. The lowest BCUT2D eigenvalue weighted by Crippen LogP contribution is -2.41. The third-order valence-corrected chi connectivity index (χ3v) is 4.03. The van der Waals surface area contributed by atoms with E-state index in [4.69, 9.17) is 4.74 Å². The predicted molar refractivity (Wildman–Crippen MR) is 105 cm³/mol. The first kappa shape index (κ1) is 19.8. The summed E-state index contributed by atoms with van der Waals surface area (Å²) >= 11 is 0. The Bertz CT molecular complexity index is 705. The van der Waals surface area contributed by atoms with Gasteiger partial charge in [0.15, 0.2) is 0 Å². The molecule has 2 aromatic rings. The van der Waals surface area contributed by atoms with E-state index in [9.17, 15) is 9.90 Å². The van der Waals surface area contributed by atoms with Gasteiger partial charge in [-0.3, -0.25) is 0 Å². The van der Waals surface area contributed by atoms with E-state index >= 15 is 0 Å². The van der Waals surface area contributed by atoms with Gasteiger partial charge in [-0.25, -0.2) is 4.79 Å². The molecule has 140 valence electrons. The number of para-hydroxylation sites is 1. The van der Waals surface area contributed by atoms with Gasteiger partial charge in [-0.2, -0.15) is 0 Å². The molecule has 1 amide bonds. The van der Waals surface area contributed by atoms with Crippen molar-refractivity contribution in [1.82, 2.24) is 5.32 Å². The molecule has 0 radical (unpaired) electrons. The number of alkyl carbamates (subject to hydrolysis) is 1. The summed E-state index contributed by atoms with van der Waals surface area (Å²) in [6.45, 7) is 6.06. The van der Waals surface area contributed by atoms with E-state index in [2.05, 4.69) is 17.4 Å². The fourth-order valence-corrected chi connectivity index (χ4v) is 2.74. The van der Waals surface area contributed by atoms with Crippen molar-refractivity contribution in [1.29, 1.82) is 0 Å². The molecule has 0 unspecified atom stereocenters. The maximum Gasteiger partial charge on any atom is 0.407 e. The number of nitrogens with one attached hydrogen (secondary N) is 1. The highest BCUT2D eigenvalue weighted by Gasteiger charge is 2.14. The summed E-state index contributed by atoms with van der Waals surface area (Å²) < 4.78 is 5.18. The third-order valence-electron chi connectivity index (χ3n) is 4.03. The van der Waals surface area contributed by atoms with Crippen LogP contribution in [-0.2, 0) is 24.0 Å². The second-order valence-electron chi connectivity index (χ2n) is 7.52. The van der Waals surface area contributed by atoms with Crippen LogP contribution in [0, 0.1) is 0 Å². The number of amides is 1. The lowest BCUT2D eigenvalue weighted by atomic mass is 9.99. The van der Waals surface area contributed by atoms with Crippen LogP contribution in [0.1, 0.15) is 43.9 Å². The van der Waals surface area contributed by atoms with E-state index < -0.39 is 6.09 Å². The zero-order valence-electron chi connectivity index (χ0n) is 15.9. The summed E-state index contributed by atoms with van der Waals surface area (Å²) in [6, 6.07) is 16.1. The summed E-state index contributed by atoms with van der Waals surface area (Å²) in [5, 5.41) is 13.3. The van der Waals surface area contributed by atoms with Crippen LogP contribution in [0.25, 0.3) is 0 Å². The van der Waals surface area contributed by atoms with Gasteiger partial charge in [-0.1, -0.05) is 48.5 Å². The van der Waals surface area contributed by atoms with Crippen LogP contribution in [-0.4, -0.2) is 23.3 Å². The van der Waals surface area contributed by atoms with Crippen molar-refractivity contribution in [2.24, 2.45) is 0 Å². The Balaban J connectivity index is 1.82. The zero-order chi connectivity index (χ0) is 19.0. The monoisotopic (exact) mass is 355 g/mol. The molecule has 0 saturated carbocycles. The molecule has 2 rings (SSSR count). The number of phenolic OH excluding ortho intramolecular Hbond substituents is 1. The van der Waals surface area contributed by atoms with E-state index in [1.54, 1.807) is 0 Å². The first-order valence-electron chi connectivity index (χ1n) is 9.14. The molecule has 0 aliphatic rings. The van der Waals surface area contributed by atoms with Gasteiger partial charge in [-0.15, -0.1) is 0 Å². The summed E-state index contributed by atoms with van der Waals surface area (Å²) in [5.41, 5.74) is 2.81. The van der Waals surface area contributed by atoms with Crippen molar-refractivity contribution in [3.8, 4) is 5.75 Å². The standard InChI is InChI=1S/C22H29NO3/c1-22(2,3)23-21(25)26-16-8-13-18-11-7-12-19(20(18)24)15-14-17-9-5-4-6-10-17/h4-7,9-12,24H,8,13-16H2,1-3H3,(H,23,25). The molecule has 0 bridgehead atoms. The minimum Gasteiger partial charge on any atom is -0.507 e. The highest BCUT2D eigenvalue weighted by molar-refractivity contribution is 5.68. The lowest BCUT2D eigenvalue weighted by Gasteiger charge is -2.19. The number of hydrogen-bond donors (Lipinski definition) is 2. The number of hydrogen-bond acceptors (Lipinski definition) is 3. The number of aromatic hydroxyl groups is 1. The molecule has 0 aliphatic carbocycles. The molecule has 26 heavy (non-hydrogen) atoms. The van der Waals surface area contributed by atoms with Crippen LogP contribution < -0.4 is 5.32 Å². The fraction of sp³-hybridized carbons (Fsp3) is 0.409. The minimum absolute atomic E-state index is 0.303. The highest BCUT2D eigenvalue weighted by atomic mass is 16.5. The molecule has 0 fully saturated rings. The Morgan fingerprint density at radius 2 is 1.62 bits per heavy atom. The molecular weight excluding hydrogens is 326 g/mol. The van der Waals surface area contributed by atoms with Gasteiger partial charge in [0.25, 0.3) is 0 Å². The van der Waals surface area contributed by atoms with Gasteiger partial charge in [0.05, 0.1) is 6.61 Å². The average Bonchev–Trinajstić information content (AvgIpc) is 2.58. The van der Waals surface area contributed by atoms with Gasteiger partial charge < -0.3 is 15.2 Å². The number of carbonyl (C=O) groups excluding carboxylic acids is 1. The van der Waals surface area contributed by atoms with Crippen molar-refractivity contribution < 1.29 is 14.6 Å². The van der Waals surface area contributed by atoms with Crippen molar-refractivity contribution >= 4 is 6.09 Å². The quantitative estimate of drug-likeness (QED) is 0.712. The lowest BCUT2D eigenvalue weighted by molar-refractivity contribution is 0.136. The predicted octanol–water partition coefficient (Wildman–Crippen LogP) is 4.63. The van der Waals surface area contributed by atoms with E-state index in [1.807, 2.05) is 57.2 Å². The smallest absolute Gasteiger partial charge is 0.407 e. The summed E-state index contributed by atoms with van der Waals surface area (Å²) in [6.07, 6.45) is 2.64. The number of phenols is 1. The van der Waals surface area contributed by atoms with Gasteiger partial charge in [-0.05, 0) is 63.1 Å². The third kappa shape index (κ3) is 6.79. The van der Waals surface area contributed by atoms with Gasteiger partial charge >= 0.3 is 6.09 Å².